The predicted molar refractivity (Wildman–Crippen MR) is 60.8 cm³/mol. The van der Waals surface area contributed by atoms with E-state index >= 15 is 0 Å². The molecule has 1 saturated heterocycles. The van der Waals surface area contributed by atoms with Gasteiger partial charge in [-0.05, 0) is 12.3 Å². The van der Waals surface area contributed by atoms with Crippen molar-refractivity contribution in [1.29, 1.82) is 0 Å². The van der Waals surface area contributed by atoms with Crippen LogP contribution in [0.5, 0.6) is 0 Å². The SMILES string of the molecule is CC(C)CC(N)C(=O)N1CCOC(CO)C1. The van der Waals surface area contributed by atoms with Gasteiger partial charge in [0, 0.05) is 13.1 Å². The van der Waals surface area contributed by atoms with Crippen LogP contribution in [-0.2, 0) is 9.53 Å². The third kappa shape index (κ3) is 3.73. The van der Waals surface area contributed by atoms with Crippen molar-refractivity contribution in [3.05, 3.63) is 0 Å². The highest BCUT2D eigenvalue weighted by Crippen LogP contribution is 2.10. The maximum absolute atomic E-state index is 12.0. The number of aliphatic hydroxyl groups is 1. The van der Waals surface area contributed by atoms with Crippen LogP contribution in [0.2, 0.25) is 0 Å². The minimum Gasteiger partial charge on any atom is -0.394 e. The van der Waals surface area contributed by atoms with E-state index in [9.17, 15) is 4.79 Å². The molecule has 3 N–H and O–H groups in total. The zero-order valence-corrected chi connectivity index (χ0v) is 10.1. The Bertz CT molecular complexity index is 233. The van der Waals surface area contributed by atoms with Gasteiger partial charge in [0.15, 0.2) is 0 Å². The lowest BCUT2D eigenvalue weighted by atomic mass is 10.0. The van der Waals surface area contributed by atoms with Crippen LogP contribution in [0.4, 0.5) is 0 Å². The molecule has 0 radical (unpaired) electrons. The van der Waals surface area contributed by atoms with Crippen molar-refractivity contribution in [3.63, 3.8) is 0 Å². The highest BCUT2D eigenvalue weighted by atomic mass is 16.5. The lowest BCUT2D eigenvalue weighted by molar-refractivity contribution is -0.141. The standard InChI is InChI=1S/C11H22N2O3/c1-8(2)5-10(12)11(15)13-3-4-16-9(6-13)7-14/h8-10,14H,3-7,12H2,1-2H3. The van der Waals surface area contributed by atoms with Gasteiger partial charge in [0.05, 0.1) is 25.4 Å². The maximum Gasteiger partial charge on any atom is 0.239 e. The second-order valence-electron chi connectivity index (χ2n) is 4.70. The predicted octanol–water partition coefficient (Wildman–Crippen LogP) is -0.420. The Morgan fingerprint density at radius 3 is 2.88 bits per heavy atom. The van der Waals surface area contributed by atoms with Gasteiger partial charge in [0.1, 0.15) is 0 Å². The van der Waals surface area contributed by atoms with Gasteiger partial charge < -0.3 is 20.5 Å². The first-order chi connectivity index (χ1) is 7.54. The van der Waals surface area contributed by atoms with Gasteiger partial charge in [-0.25, -0.2) is 0 Å². The minimum absolute atomic E-state index is 0.0320. The smallest absolute Gasteiger partial charge is 0.239 e. The van der Waals surface area contributed by atoms with Gasteiger partial charge in [-0.1, -0.05) is 13.8 Å². The molecule has 2 atom stereocenters. The van der Waals surface area contributed by atoms with E-state index in [0.29, 0.717) is 32.0 Å². The normalized spacial score (nSPS) is 23.6. The molecule has 94 valence electrons. The van der Waals surface area contributed by atoms with Crippen LogP contribution < -0.4 is 5.73 Å². The lowest BCUT2D eigenvalue weighted by Gasteiger charge is -2.33. The monoisotopic (exact) mass is 230 g/mol. The molecule has 1 aliphatic rings. The molecule has 0 bridgehead atoms. The van der Waals surface area contributed by atoms with Crippen LogP contribution in [0, 0.1) is 5.92 Å². The zero-order valence-electron chi connectivity index (χ0n) is 10.1. The van der Waals surface area contributed by atoms with Crippen molar-refractivity contribution in [3.8, 4) is 0 Å². The average molecular weight is 230 g/mol. The molecule has 1 amide bonds. The van der Waals surface area contributed by atoms with Crippen molar-refractivity contribution in [2.75, 3.05) is 26.3 Å². The number of rotatable bonds is 4. The summed E-state index contributed by atoms with van der Waals surface area (Å²) in [6.07, 6.45) is 0.434. The first-order valence-corrected chi connectivity index (χ1v) is 5.81. The summed E-state index contributed by atoms with van der Waals surface area (Å²) in [6.45, 7) is 5.53. The quantitative estimate of drug-likeness (QED) is 0.688. The van der Waals surface area contributed by atoms with E-state index in [1.54, 1.807) is 4.90 Å². The summed E-state index contributed by atoms with van der Waals surface area (Å²) in [5.74, 6) is 0.379. The molecule has 2 unspecified atom stereocenters. The molecule has 5 heteroatoms. The molecule has 0 aromatic heterocycles. The number of morpholine rings is 1. The molecule has 0 spiro atoms. The Morgan fingerprint density at radius 2 is 2.31 bits per heavy atom. The lowest BCUT2D eigenvalue weighted by Crippen LogP contribution is -2.52. The van der Waals surface area contributed by atoms with Crippen molar-refractivity contribution in [2.45, 2.75) is 32.4 Å². The Kier molecular flexibility index (Phi) is 5.18. The van der Waals surface area contributed by atoms with Gasteiger partial charge in [0.25, 0.3) is 0 Å². The summed E-state index contributed by atoms with van der Waals surface area (Å²) in [4.78, 5) is 13.7. The molecular formula is C11H22N2O3. The highest BCUT2D eigenvalue weighted by molar-refractivity contribution is 5.81. The van der Waals surface area contributed by atoms with Crippen LogP contribution >= 0.6 is 0 Å². The summed E-state index contributed by atoms with van der Waals surface area (Å²) in [6, 6.07) is -0.433. The number of hydrogen-bond acceptors (Lipinski definition) is 4. The number of hydrogen-bond donors (Lipinski definition) is 2. The summed E-state index contributed by atoms with van der Waals surface area (Å²) in [5, 5.41) is 8.98. The summed E-state index contributed by atoms with van der Waals surface area (Å²) in [5.41, 5.74) is 5.84. The molecule has 5 nitrogen and oxygen atoms in total. The van der Waals surface area contributed by atoms with Gasteiger partial charge in [0.2, 0.25) is 5.91 Å². The number of nitrogens with two attached hydrogens (primary N) is 1. The molecule has 0 aromatic rings. The second kappa shape index (κ2) is 6.18. The van der Waals surface area contributed by atoms with E-state index < -0.39 is 6.04 Å². The van der Waals surface area contributed by atoms with Crippen LogP contribution in [0.15, 0.2) is 0 Å². The van der Waals surface area contributed by atoms with E-state index in [1.165, 1.54) is 0 Å². The zero-order chi connectivity index (χ0) is 12.1. The number of aliphatic hydroxyl groups excluding tert-OH is 1. The Hall–Kier alpha value is -0.650. The van der Waals surface area contributed by atoms with Crippen LogP contribution in [0.1, 0.15) is 20.3 Å². The number of carbonyl (C=O) groups excluding carboxylic acids is 1. The number of nitrogens with zero attached hydrogens (tertiary/aromatic N) is 1. The summed E-state index contributed by atoms with van der Waals surface area (Å²) in [7, 11) is 0. The minimum atomic E-state index is -0.433. The fraction of sp³-hybridized carbons (Fsp3) is 0.909. The van der Waals surface area contributed by atoms with E-state index in [2.05, 4.69) is 0 Å². The summed E-state index contributed by atoms with van der Waals surface area (Å²) < 4.78 is 5.28. The van der Waals surface area contributed by atoms with Crippen molar-refractivity contribution in [2.24, 2.45) is 11.7 Å². The first-order valence-electron chi connectivity index (χ1n) is 5.81. The topological polar surface area (TPSA) is 75.8 Å². The Morgan fingerprint density at radius 1 is 1.62 bits per heavy atom. The number of ether oxygens (including phenoxy) is 1. The molecule has 1 fully saturated rings. The molecule has 1 heterocycles. The van der Waals surface area contributed by atoms with Crippen molar-refractivity contribution in [1.82, 2.24) is 4.90 Å². The van der Waals surface area contributed by atoms with Crippen LogP contribution in [0.3, 0.4) is 0 Å². The van der Waals surface area contributed by atoms with Crippen LogP contribution in [-0.4, -0.2) is 54.4 Å². The third-order valence-electron chi connectivity index (χ3n) is 2.70. The molecule has 16 heavy (non-hydrogen) atoms. The molecule has 0 aromatic carbocycles. The average Bonchev–Trinajstić information content (AvgIpc) is 2.27. The molecule has 1 aliphatic heterocycles. The molecular weight excluding hydrogens is 208 g/mol. The highest BCUT2D eigenvalue weighted by Gasteiger charge is 2.27. The van der Waals surface area contributed by atoms with E-state index in [4.69, 9.17) is 15.6 Å². The third-order valence-corrected chi connectivity index (χ3v) is 2.70. The first kappa shape index (κ1) is 13.4. The largest absolute Gasteiger partial charge is 0.394 e. The summed E-state index contributed by atoms with van der Waals surface area (Å²) >= 11 is 0. The Balaban J connectivity index is 2.46. The molecule has 1 rings (SSSR count). The number of carbonyl (C=O) groups is 1. The van der Waals surface area contributed by atoms with E-state index in [1.807, 2.05) is 13.8 Å². The van der Waals surface area contributed by atoms with Crippen molar-refractivity contribution >= 4 is 5.91 Å². The fourth-order valence-corrected chi connectivity index (χ4v) is 1.87. The number of amides is 1. The van der Waals surface area contributed by atoms with Crippen molar-refractivity contribution < 1.29 is 14.6 Å². The second-order valence-corrected chi connectivity index (χ2v) is 4.70. The van der Waals surface area contributed by atoms with Gasteiger partial charge in [-0.15, -0.1) is 0 Å². The molecule has 0 aliphatic carbocycles. The van der Waals surface area contributed by atoms with Gasteiger partial charge in [-0.2, -0.15) is 0 Å². The van der Waals surface area contributed by atoms with Crippen LogP contribution in [0.25, 0.3) is 0 Å². The van der Waals surface area contributed by atoms with E-state index in [0.717, 1.165) is 0 Å². The van der Waals surface area contributed by atoms with Gasteiger partial charge >= 0.3 is 0 Å². The fourth-order valence-electron chi connectivity index (χ4n) is 1.87. The molecule has 0 saturated carbocycles. The Labute approximate surface area is 96.6 Å². The van der Waals surface area contributed by atoms with Gasteiger partial charge in [-0.3, -0.25) is 4.79 Å². The van der Waals surface area contributed by atoms with E-state index in [-0.39, 0.29) is 18.6 Å². The maximum atomic E-state index is 12.0.